The number of carbonyl (C=O) groups is 1. The number of hydrogen-bond donors (Lipinski definition) is 2. The van der Waals surface area contributed by atoms with Gasteiger partial charge in [0, 0.05) is 17.0 Å². The van der Waals surface area contributed by atoms with Gasteiger partial charge in [-0.15, -0.1) is 11.3 Å². The lowest BCUT2D eigenvalue weighted by Gasteiger charge is -2.17. The number of thiazole rings is 1. The summed E-state index contributed by atoms with van der Waals surface area (Å²) in [4.78, 5) is 16.2. The number of nitrogens with zero attached hydrogens (tertiary/aromatic N) is 1. The van der Waals surface area contributed by atoms with Crippen molar-refractivity contribution in [1.82, 2.24) is 10.3 Å². The lowest BCUT2D eigenvalue weighted by Crippen LogP contribution is -2.38. The van der Waals surface area contributed by atoms with Gasteiger partial charge < -0.3 is 5.32 Å². The van der Waals surface area contributed by atoms with Crippen LogP contribution in [0.25, 0.3) is 11.3 Å². The fraction of sp³-hybridized carbons (Fsp3) is 0.333. The number of carbonyl (C=O) groups excluding carboxylic acids is 1. The third-order valence-electron chi connectivity index (χ3n) is 3.15. The quantitative estimate of drug-likeness (QED) is 0.894. The topological polar surface area (TPSA) is 54.0 Å². The smallest absolute Gasteiger partial charge is 0.321 e. The highest BCUT2D eigenvalue weighted by Gasteiger charge is 2.12. The molecule has 0 aliphatic rings. The molecule has 4 nitrogen and oxygen atoms in total. The lowest BCUT2D eigenvalue weighted by atomic mass is 10.1. The molecular weight excluding hydrogens is 270 g/mol. The summed E-state index contributed by atoms with van der Waals surface area (Å²) in [6.07, 6.45) is 0. The highest BCUT2D eigenvalue weighted by Crippen LogP contribution is 2.24. The van der Waals surface area contributed by atoms with Crippen molar-refractivity contribution in [2.75, 3.05) is 5.32 Å². The number of urea groups is 1. The largest absolute Gasteiger partial charge is 0.335 e. The molecule has 1 aromatic carbocycles. The Labute approximate surface area is 123 Å². The fourth-order valence-corrected chi connectivity index (χ4v) is 2.29. The Morgan fingerprint density at radius 1 is 1.20 bits per heavy atom. The number of rotatable bonds is 4. The van der Waals surface area contributed by atoms with E-state index in [1.165, 1.54) is 11.3 Å². The molecule has 0 radical (unpaired) electrons. The van der Waals surface area contributed by atoms with E-state index in [9.17, 15) is 4.79 Å². The van der Waals surface area contributed by atoms with Crippen LogP contribution >= 0.6 is 11.3 Å². The van der Waals surface area contributed by atoms with Crippen LogP contribution in [0.5, 0.6) is 0 Å². The Balaban J connectivity index is 1.98. The van der Waals surface area contributed by atoms with Crippen molar-refractivity contribution in [2.24, 2.45) is 5.92 Å². The lowest BCUT2D eigenvalue weighted by molar-refractivity contribution is 0.246. The summed E-state index contributed by atoms with van der Waals surface area (Å²) in [6.45, 7) is 6.13. The van der Waals surface area contributed by atoms with Gasteiger partial charge in [0.2, 0.25) is 0 Å². The Kier molecular flexibility index (Phi) is 4.74. The molecule has 1 atom stereocenters. The highest BCUT2D eigenvalue weighted by atomic mass is 32.1. The first-order chi connectivity index (χ1) is 9.56. The molecule has 0 aliphatic carbocycles. The van der Waals surface area contributed by atoms with Crippen molar-refractivity contribution in [3.63, 3.8) is 0 Å². The molecule has 0 fully saturated rings. The molecule has 0 bridgehead atoms. The van der Waals surface area contributed by atoms with E-state index in [1.807, 2.05) is 42.6 Å². The molecule has 1 heterocycles. The maximum atomic E-state index is 11.8. The average Bonchev–Trinajstić information content (AvgIpc) is 2.88. The monoisotopic (exact) mass is 289 g/mol. The van der Waals surface area contributed by atoms with Gasteiger partial charge in [0.1, 0.15) is 0 Å². The zero-order valence-corrected chi connectivity index (χ0v) is 12.7. The summed E-state index contributed by atoms with van der Waals surface area (Å²) in [5.41, 5.74) is 1.93. The minimum atomic E-state index is -0.208. The minimum Gasteiger partial charge on any atom is -0.335 e. The molecule has 0 saturated carbocycles. The van der Waals surface area contributed by atoms with Crippen molar-refractivity contribution in [3.05, 3.63) is 35.7 Å². The first-order valence-corrected chi connectivity index (χ1v) is 7.52. The van der Waals surface area contributed by atoms with Crippen LogP contribution in [0.1, 0.15) is 20.8 Å². The molecule has 106 valence electrons. The molecule has 1 unspecified atom stereocenters. The summed E-state index contributed by atoms with van der Waals surface area (Å²) in [7, 11) is 0. The molecule has 5 heteroatoms. The normalized spacial score (nSPS) is 12.2. The molecule has 0 aliphatic heterocycles. The Morgan fingerprint density at radius 2 is 1.90 bits per heavy atom. The highest BCUT2D eigenvalue weighted by molar-refractivity contribution is 7.14. The van der Waals surface area contributed by atoms with E-state index < -0.39 is 0 Å². The van der Waals surface area contributed by atoms with Crippen molar-refractivity contribution in [1.29, 1.82) is 0 Å². The molecule has 2 rings (SSSR count). The number of nitrogens with one attached hydrogen (secondary N) is 2. The summed E-state index contributed by atoms with van der Waals surface area (Å²) in [5, 5.41) is 8.22. The molecule has 2 aromatic rings. The third kappa shape index (κ3) is 3.81. The van der Waals surface area contributed by atoms with E-state index in [4.69, 9.17) is 0 Å². The number of anilines is 1. The van der Waals surface area contributed by atoms with Crippen LogP contribution in [0, 0.1) is 5.92 Å². The van der Waals surface area contributed by atoms with Crippen LogP contribution in [0.2, 0.25) is 0 Å². The van der Waals surface area contributed by atoms with E-state index >= 15 is 0 Å². The zero-order chi connectivity index (χ0) is 14.5. The standard InChI is InChI=1S/C15H19N3OS/c1-10(2)11(3)16-14(19)18-15-17-13(9-20-15)12-7-5-4-6-8-12/h4-11H,1-3H3,(H2,16,17,18,19). The molecule has 0 saturated heterocycles. The Bertz CT molecular complexity index is 566. The van der Waals surface area contributed by atoms with Gasteiger partial charge in [-0.2, -0.15) is 0 Å². The van der Waals surface area contributed by atoms with Crippen molar-refractivity contribution in [3.8, 4) is 11.3 Å². The Morgan fingerprint density at radius 3 is 2.55 bits per heavy atom. The van der Waals surface area contributed by atoms with Gasteiger partial charge in [0.05, 0.1) is 5.69 Å². The van der Waals surface area contributed by atoms with Crippen LogP contribution in [-0.4, -0.2) is 17.1 Å². The number of hydrogen-bond acceptors (Lipinski definition) is 3. The van der Waals surface area contributed by atoms with Gasteiger partial charge in [-0.25, -0.2) is 9.78 Å². The van der Waals surface area contributed by atoms with Crippen molar-refractivity contribution < 1.29 is 4.79 Å². The molecular formula is C15H19N3OS. The zero-order valence-electron chi connectivity index (χ0n) is 11.9. The minimum absolute atomic E-state index is 0.128. The molecule has 1 aromatic heterocycles. The third-order valence-corrected chi connectivity index (χ3v) is 3.91. The van der Waals surface area contributed by atoms with Crippen molar-refractivity contribution >= 4 is 22.5 Å². The maximum absolute atomic E-state index is 11.8. The summed E-state index contributed by atoms with van der Waals surface area (Å²) < 4.78 is 0. The van der Waals surface area contributed by atoms with E-state index in [-0.39, 0.29) is 12.1 Å². The van der Waals surface area contributed by atoms with E-state index in [0.717, 1.165) is 11.3 Å². The van der Waals surface area contributed by atoms with E-state index in [2.05, 4.69) is 29.5 Å². The van der Waals surface area contributed by atoms with Crippen LogP contribution in [0.3, 0.4) is 0 Å². The fourth-order valence-electron chi connectivity index (χ4n) is 1.58. The second-order valence-corrected chi connectivity index (χ2v) is 5.89. The SMILES string of the molecule is CC(C)C(C)NC(=O)Nc1nc(-c2ccccc2)cs1. The van der Waals surface area contributed by atoms with E-state index in [0.29, 0.717) is 11.0 Å². The summed E-state index contributed by atoms with van der Waals surface area (Å²) >= 11 is 1.43. The number of aromatic nitrogens is 1. The number of amides is 2. The van der Waals surface area contributed by atoms with E-state index in [1.54, 1.807) is 0 Å². The Hall–Kier alpha value is -1.88. The van der Waals surface area contributed by atoms with Crippen LogP contribution in [-0.2, 0) is 0 Å². The van der Waals surface area contributed by atoms with Gasteiger partial charge in [-0.3, -0.25) is 5.32 Å². The van der Waals surface area contributed by atoms with Crippen LogP contribution in [0.15, 0.2) is 35.7 Å². The average molecular weight is 289 g/mol. The number of benzene rings is 1. The first-order valence-electron chi connectivity index (χ1n) is 6.64. The van der Waals surface area contributed by atoms with Gasteiger partial charge in [0.15, 0.2) is 5.13 Å². The van der Waals surface area contributed by atoms with Crippen LogP contribution in [0.4, 0.5) is 9.93 Å². The molecule has 0 spiro atoms. The predicted molar refractivity (Wildman–Crippen MR) is 84.0 cm³/mol. The molecule has 2 amide bonds. The molecule has 2 N–H and O–H groups in total. The van der Waals surface area contributed by atoms with Gasteiger partial charge >= 0.3 is 6.03 Å². The summed E-state index contributed by atoms with van der Waals surface area (Å²) in [6, 6.07) is 9.83. The second kappa shape index (κ2) is 6.52. The summed E-state index contributed by atoms with van der Waals surface area (Å²) in [5.74, 6) is 0.400. The van der Waals surface area contributed by atoms with Gasteiger partial charge in [0.25, 0.3) is 0 Å². The van der Waals surface area contributed by atoms with Crippen LogP contribution < -0.4 is 10.6 Å². The second-order valence-electron chi connectivity index (χ2n) is 5.04. The predicted octanol–water partition coefficient (Wildman–Crippen LogP) is 3.98. The first kappa shape index (κ1) is 14.5. The van der Waals surface area contributed by atoms with Gasteiger partial charge in [-0.1, -0.05) is 44.2 Å². The maximum Gasteiger partial charge on any atom is 0.321 e. The van der Waals surface area contributed by atoms with Crippen molar-refractivity contribution in [2.45, 2.75) is 26.8 Å². The molecule has 20 heavy (non-hydrogen) atoms. The van der Waals surface area contributed by atoms with Gasteiger partial charge in [-0.05, 0) is 12.8 Å².